The molecule has 2 unspecified atom stereocenters. The van der Waals surface area contributed by atoms with Crippen molar-refractivity contribution in [2.75, 3.05) is 13.1 Å². The first-order chi connectivity index (χ1) is 5.88. The zero-order valence-corrected chi connectivity index (χ0v) is 6.96. The maximum absolute atomic E-state index is 9.84. The standard InChI is InChI=1S/C9H14N2O/c12-9(7-3-5-10-6-7)8-2-1-4-11-8/h1-2,4,7,9-12H,3,5-6H2. The zero-order valence-electron chi connectivity index (χ0n) is 6.96. The maximum atomic E-state index is 9.84. The summed E-state index contributed by atoms with van der Waals surface area (Å²) in [5.41, 5.74) is 0.934. The largest absolute Gasteiger partial charge is 0.387 e. The molecule has 0 aliphatic carbocycles. The summed E-state index contributed by atoms with van der Waals surface area (Å²) >= 11 is 0. The van der Waals surface area contributed by atoms with Gasteiger partial charge in [0.2, 0.25) is 0 Å². The fourth-order valence-corrected chi connectivity index (χ4v) is 1.73. The van der Waals surface area contributed by atoms with Crippen LogP contribution in [0.5, 0.6) is 0 Å². The van der Waals surface area contributed by atoms with E-state index < -0.39 is 0 Å². The summed E-state index contributed by atoms with van der Waals surface area (Å²) in [7, 11) is 0. The summed E-state index contributed by atoms with van der Waals surface area (Å²) in [5.74, 6) is 0.378. The van der Waals surface area contributed by atoms with Crippen LogP contribution in [-0.4, -0.2) is 23.2 Å². The van der Waals surface area contributed by atoms with Gasteiger partial charge >= 0.3 is 0 Å². The Hall–Kier alpha value is -0.800. The SMILES string of the molecule is OC(c1ccc[nH]1)C1CCNC1. The van der Waals surface area contributed by atoms with E-state index >= 15 is 0 Å². The molecular weight excluding hydrogens is 152 g/mol. The second kappa shape index (κ2) is 3.29. The second-order valence-corrected chi connectivity index (χ2v) is 3.32. The van der Waals surface area contributed by atoms with Crippen molar-refractivity contribution >= 4 is 0 Å². The molecule has 2 atom stereocenters. The highest BCUT2D eigenvalue weighted by Crippen LogP contribution is 2.24. The summed E-state index contributed by atoms with van der Waals surface area (Å²) in [6, 6.07) is 3.85. The molecule has 2 rings (SSSR count). The van der Waals surface area contributed by atoms with Crippen LogP contribution in [-0.2, 0) is 0 Å². The average Bonchev–Trinajstić information content (AvgIpc) is 2.77. The van der Waals surface area contributed by atoms with Crippen molar-refractivity contribution in [2.45, 2.75) is 12.5 Å². The molecule has 1 aromatic heterocycles. The predicted molar refractivity (Wildman–Crippen MR) is 46.7 cm³/mol. The first-order valence-electron chi connectivity index (χ1n) is 4.40. The number of aliphatic hydroxyl groups excluding tert-OH is 1. The van der Waals surface area contributed by atoms with Gasteiger partial charge in [-0.2, -0.15) is 0 Å². The molecule has 3 heteroatoms. The van der Waals surface area contributed by atoms with Gasteiger partial charge in [0.25, 0.3) is 0 Å². The van der Waals surface area contributed by atoms with Crippen molar-refractivity contribution in [3.05, 3.63) is 24.0 Å². The lowest BCUT2D eigenvalue weighted by molar-refractivity contribution is 0.114. The molecule has 2 heterocycles. The number of aliphatic hydroxyl groups is 1. The van der Waals surface area contributed by atoms with Gasteiger partial charge in [0.1, 0.15) is 0 Å². The van der Waals surface area contributed by atoms with E-state index in [0.717, 1.165) is 25.2 Å². The smallest absolute Gasteiger partial charge is 0.0978 e. The van der Waals surface area contributed by atoms with Crippen LogP contribution in [0.2, 0.25) is 0 Å². The first-order valence-corrected chi connectivity index (χ1v) is 4.40. The molecule has 1 aliphatic rings. The van der Waals surface area contributed by atoms with Gasteiger partial charge in [-0.3, -0.25) is 0 Å². The molecule has 0 radical (unpaired) electrons. The van der Waals surface area contributed by atoms with Gasteiger partial charge in [0, 0.05) is 24.4 Å². The van der Waals surface area contributed by atoms with Crippen molar-refractivity contribution in [3.63, 3.8) is 0 Å². The Labute approximate surface area is 71.8 Å². The quantitative estimate of drug-likeness (QED) is 0.604. The topological polar surface area (TPSA) is 48.0 Å². The normalized spacial score (nSPS) is 25.9. The molecular formula is C9H14N2O. The van der Waals surface area contributed by atoms with Gasteiger partial charge in [-0.25, -0.2) is 0 Å². The highest BCUT2D eigenvalue weighted by molar-refractivity contribution is 5.08. The summed E-state index contributed by atoms with van der Waals surface area (Å²) in [5, 5.41) is 13.1. The summed E-state index contributed by atoms with van der Waals surface area (Å²) in [6.45, 7) is 1.96. The van der Waals surface area contributed by atoms with E-state index in [1.807, 2.05) is 18.3 Å². The van der Waals surface area contributed by atoms with E-state index in [1.165, 1.54) is 0 Å². The van der Waals surface area contributed by atoms with E-state index in [-0.39, 0.29) is 6.10 Å². The number of nitrogens with one attached hydrogen (secondary N) is 2. The predicted octanol–water partition coefficient (Wildman–Crippen LogP) is 0.658. The minimum absolute atomic E-state index is 0.324. The number of aromatic amines is 1. The summed E-state index contributed by atoms with van der Waals surface area (Å²) < 4.78 is 0. The molecule has 0 spiro atoms. The van der Waals surface area contributed by atoms with Gasteiger partial charge in [0.15, 0.2) is 0 Å². The Morgan fingerprint density at radius 3 is 3.08 bits per heavy atom. The lowest BCUT2D eigenvalue weighted by Gasteiger charge is -2.15. The van der Waals surface area contributed by atoms with E-state index in [0.29, 0.717) is 5.92 Å². The van der Waals surface area contributed by atoms with E-state index in [1.54, 1.807) is 0 Å². The molecule has 0 aromatic carbocycles. The lowest BCUT2D eigenvalue weighted by Crippen LogP contribution is -2.16. The van der Waals surface area contributed by atoms with Crippen LogP contribution in [0.3, 0.4) is 0 Å². The third-order valence-electron chi connectivity index (χ3n) is 2.49. The van der Waals surface area contributed by atoms with Gasteiger partial charge < -0.3 is 15.4 Å². The van der Waals surface area contributed by atoms with Crippen molar-refractivity contribution in [3.8, 4) is 0 Å². The fourth-order valence-electron chi connectivity index (χ4n) is 1.73. The highest BCUT2D eigenvalue weighted by Gasteiger charge is 2.24. The third kappa shape index (κ3) is 1.38. The van der Waals surface area contributed by atoms with Crippen molar-refractivity contribution in [1.29, 1.82) is 0 Å². The Bertz CT molecular complexity index is 227. The number of rotatable bonds is 2. The first kappa shape index (κ1) is 7.83. The zero-order chi connectivity index (χ0) is 8.39. The maximum Gasteiger partial charge on any atom is 0.0978 e. The number of H-pyrrole nitrogens is 1. The van der Waals surface area contributed by atoms with Gasteiger partial charge in [-0.05, 0) is 25.1 Å². The Kier molecular flexibility index (Phi) is 2.15. The molecule has 3 nitrogen and oxygen atoms in total. The Morgan fingerprint density at radius 2 is 2.50 bits per heavy atom. The molecule has 12 heavy (non-hydrogen) atoms. The second-order valence-electron chi connectivity index (χ2n) is 3.32. The van der Waals surface area contributed by atoms with Crippen LogP contribution in [0, 0.1) is 5.92 Å². The fraction of sp³-hybridized carbons (Fsp3) is 0.556. The van der Waals surface area contributed by atoms with Crippen molar-refractivity contribution < 1.29 is 5.11 Å². The lowest BCUT2D eigenvalue weighted by atomic mass is 9.99. The molecule has 66 valence electrons. The summed E-state index contributed by atoms with van der Waals surface area (Å²) in [4.78, 5) is 3.04. The molecule has 3 N–H and O–H groups in total. The van der Waals surface area contributed by atoms with Crippen LogP contribution in [0.1, 0.15) is 18.2 Å². The molecule has 1 aliphatic heterocycles. The number of hydrogen-bond donors (Lipinski definition) is 3. The van der Waals surface area contributed by atoms with E-state index in [4.69, 9.17) is 0 Å². The van der Waals surface area contributed by atoms with Crippen LogP contribution < -0.4 is 5.32 Å². The highest BCUT2D eigenvalue weighted by atomic mass is 16.3. The Balaban J connectivity index is 2.04. The monoisotopic (exact) mass is 166 g/mol. The van der Waals surface area contributed by atoms with E-state index in [9.17, 15) is 5.11 Å². The molecule has 1 saturated heterocycles. The minimum Gasteiger partial charge on any atom is -0.387 e. The van der Waals surface area contributed by atoms with Crippen LogP contribution in [0.15, 0.2) is 18.3 Å². The van der Waals surface area contributed by atoms with Crippen molar-refractivity contribution in [2.24, 2.45) is 5.92 Å². The van der Waals surface area contributed by atoms with Gasteiger partial charge in [0.05, 0.1) is 6.10 Å². The number of aromatic nitrogens is 1. The number of hydrogen-bond acceptors (Lipinski definition) is 2. The van der Waals surface area contributed by atoms with Gasteiger partial charge in [-0.1, -0.05) is 0 Å². The molecule has 0 amide bonds. The minimum atomic E-state index is -0.324. The molecule has 0 saturated carbocycles. The average molecular weight is 166 g/mol. The van der Waals surface area contributed by atoms with Gasteiger partial charge in [-0.15, -0.1) is 0 Å². The van der Waals surface area contributed by atoms with Crippen LogP contribution >= 0.6 is 0 Å². The molecule has 1 fully saturated rings. The van der Waals surface area contributed by atoms with Crippen molar-refractivity contribution in [1.82, 2.24) is 10.3 Å². The third-order valence-corrected chi connectivity index (χ3v) is 2.49. The molecule has 0 bridgehead atoms. The summed E-state index contributed by atoms with van der Waals surface area (Å²) in [6.07, 6.45) is 2.59. The van der Waals surface area contributed by atoms with Crippen LogP contribution in [0.25, 0.3) is 0 Å². The van der Waals surface area contributed by atoms with E-state index in [2.05, 4.69) is 10.3 Å². The molecule has 1 aromatic rings. The Morgan fingerprint density at radius 1 is 1.58 bits per heavy atom. The van der Waals surface area contributed by atoms with Crippen LogP contribution in [0.4, 0.5) is 0 Å².